The molecule has 0 unspecified atom stereocenters. The van der Waals surface area contributed by atoms with Gasteiger partial charge in [0.2, 0.25) is 0 Å². The van der Waals surface area contributed by atoms with E-state index >= 15 is 0 Å². The van der Waals surface area contributed by atoms with Gasteiger partial charge in [-0.05, 0) is 24.3 Å². The molecule has 0 aliphatic carbocycles. The van der Waals surface area contributed by atoms with E-state index in [0.717, 1.165) is 5.82 Å². The molecule has 28 heavy (non-hydrogen) atoms. The van der Waals surface area contributed by atoms with E-state index in [4.69, 9.17) is 4.74 Å². The van der Waals surface area contributed by atoms with Crippen LogP contribution in [0.1, 0.15) is 0 Å². The summed E-state index contributed by atoms with van der Waals surface area (Å²) in [6.07, 6.45) is 4.50. The smallest absolute Gasteiger partial charge is 0.260 e. The lowest BCUT2D eigenvalue weighted by molar-refractivity contribution is -0.133. The lowest BCUT2D eigenvalue weighted by Crippen LogP contribution is -2.50. The second-order valence-electron chi connectivity index (χ2n) is 6.18. The highest BCUT2D eigenvalue weighted by atomic mass is 19.1. The Morgan fingerprint density at radius 1 is 1.04 bits per heavy atom. The van der Waals surface area contributed by atoms with Crippen LogP contribution in [0.2, 0.25) is 0 Å². The highest BCUT2D eigenvalue weighted by Crippen LogP contribution is 2.16. The van der Waals surface area contributed by atoms with Crippen LogP contribution in [0, 0.1) is 5.82 Å². The van der Waals surface area contributed by atoms with E-state index in [1.165, 1.54) is 36.9 Å². The molecule has 1 aliphatic rings. The molecular weight excluding hydrogens is 365 g/mol. The van der Waals surface area contributed by atoms with E-state index in [1.807, 2.05) is 6.07 Å². The van der Waals surface area contributed by atoms with Crippen LogP contribution in [0.5, 0.6) is 5.75 Å². The Bertz CT molecular complexity index is 925. The molecule has 2 aromatic heterocycles. The molecule has 0 saturated carbocycles. The average Bonchev–Trinajstić information content (AvgIpc) is 3.28. The SMILES string of the molecule is O=C(COc1ccc(F)cc1)N1CCN(c2cc(-n3cncn3)ncn2)CC1. The zero-order chi connectivity index (χ0) is 19.3. The molecule has 4 rings (SSSR count). The lowest BCUT2D eigenvalue weighted by atomic mass is 10.3. The number of nitrogens with zero attached hydrogens (tertiary/aromatic N) is 7. The van der Waals surface area contributed by atoms with Crippen LogP contribution in [-0.2, 0) is 4.79 Å². The van der Waals surface area contributed by atoms with Crippen molar-refractivity contribution in [3.05, 3.63) is 55.1 Å². The summed E-state index contributed by atoms with van der Waals surface area (Å²) in [5.41, 5.74) is 0. The molecule has 0 radical (unpaired) electrons. The van der Waals surface area contributed by atoms with Gasteiger partial charge >= 0.3 is 0 Å². The van der Waals surface area contributed by atoms with E-state index in [9.17, 15) is 9.18 Å². The van der Waals surface area contributed by atoms with Crippen LogP contribution in [0.15, 0.2) is 49.3 Å². The van der Waals surface area contributed by atoms with Crippen LogP contribution in [0.4, 0.5) is 10.2 Å². The molecule has 3 heterocycles. The summed E-state index contributed by atoms with van der Waals surface area (Å²) in [5, 5.41) is 4.07. The standard InChI is InChI=1S/C18H18FN7O2/c19-14-1-3-15(4-2-14)28-10-18(27)25-7-5-24(6-8-25)16-9-17(22-12-21-16)26-13-20-11-23-26/h1-4,9,11-13H,5-8,10H2. The number of carbonyl (C=O) groups excluding carboxylic acids is 1. The molecule has 1 fully saturated rings. The molecule has 0 atom stereocenters. The number of hydrogen-bond acceptors (Lipinski definition) is 7. The van der Waals surface area contributed by atoms with Gasteiger partial charge in [0.1, 0.15) is 36.4 Å². The van der Waals surface area contributed by atoms with Crippen LogP contribution in [0.3, 0.4) is 0 Å². The van der Waals surface area contributed by atoms with Gasteiger partial charge in [0.25, 0.3) is 5.91 Å². The predicted molar refractivity (Wildman–Crippen MR) is 97.6 cm³/mol. The maximum atomic E-state index is 12.9. The van der Waals surface area contributed by atoms with Crippen molar-refractivity contribution in [3.8, 4) is 11.6 Å². The number of piperazine rings is 1. The van der Waals surface area contributed by atoms with Crippen LogP contribution in [-0.4, -0.2) is 68.3 Å². The fourth-order valence-corrected chi connectivity index (χ4v) is 2.91. The highest BCUT2D eigenvalue weighted by molar-refractivity contribution is 5.78. The first kappa shape index (κ1) is 17.8. The normalized spacial score (nSPS) is 14.2. The summed E-state index contributed by atoms with van der Waals surface area (Å²) >= 11 is 0. The van der Waals surface area contributed by atoms with E-state index < -0.39 is 0 Å². The van der Waals surface area contributed by atoms with Gasteiger partial charge in [0.15, 0.2) is 12.4 Å². The Kier molecular flexibility index (Phi) is 5.09. The first-order valence-corrected chi connectivity index (χ1v) is 8.77. The molecule has 1 aliphatic heterocycles. The zero-order valence-electron chi connectivity index (χ0n) is 15.0. The summed E-state index contributed by atoms with van der Waals surface area (Å²) in [6.45, 7) is 2.35. The van der Waals surface area contributed by atoms with Gasteiger partial charge in [-0.15, -0.1) is 0 Å². The van der Waals surface area contributed by atoms with Crippen molar-refractivity contribution in [2.75, 3.05) is 37.7 Å². The second-order valence-corrected chi connectivity index (χ2v) is 6.18. The van der Waals surface area contributed by atoms with Crippen molar-refractivity contribution in [1.82, 2.24) is 29.6 Å². The molecule has 0 N–H and O–H groups in total. The number of benzene rings is 1. The van der Waals surface area contributed by atoms with E-state index in [-0.39, 0.29) is 18.3 Å². The number of aromatic nitrogens is 5. The molecule has 144 valence electrons. The maximum absolute atomic E-state index is 12.9. The van der Waals surface area contributed by atoms with Gasteiger partial charge in [-0.3, -0.25) is 4.79 Å². The van der Waals surface area contributed by atoms with Gasteiger partial charge in [-0.1, -0.05) is 0 Å². The fraction of sp³-hybridized carbons (Fsp3) is 0.278. The lowest BCUT2D eigenvalue weighted by Gasteiger charge is -2.35. The van der Waals surface area contributed by atoms with E-state index in [1.54, 1.807) is 15.9 Å². The minimum absolute atomic E-state index is 0.0738. The average molecular weight is 383 g/mol. The molecule has 0 bridgehead atoms. The summed E-state index contributed by atoms with van der Waals surface area (Å²) in [6, 6.07) is 7.44. The Balaban J connectivity index is 1.31. The monoisotopic (exact) mass is 383 g/mol. The minimum Gasteiger partial charge on any atom is -0.484 e. The van der Waals surface area contributed by atoms with Crippen molar-refractivity contribution in [2.24, 2.45) is 0 Å². The van der Waals surface area contributed by atoms with Gasteiger partial charge in [0, 0.05) is 32.2 Å². The number of amides is 1. The number of carbonyl (C=O) groups is 1. The van der Waals surface area contributed by atoms with E-state index in [0.29, 0.717) is 37.7 Å². The van der Waals surface area contributed by atoms with Crippen molar-refractivity contribution < 1.29 is 13.9 Å². The van der Waals surface area contributed by atoms with Crippen LogP contribution >= 0.6 is 0 Å². The summed E-state index contributed by atoms with van der Waals surface area (Å²) in [5.74, 6) is 1.43. The maximum Gasteiger partial charge on any atom is 0.260 e. The molecule has 9 nitrogen and oxygen atoms in total. The highest BCUT2D eigenvalue weighted by Gasteiger charge is 2.22. The van der Waals surface area contributed by atoms with Crippen molar-refractivity contribution >= 4 is 11.7 Å². The second kappa shape index (κ2) is 7.99. The Morgan fingerprint density at radius 2 is 1.79 bits per heavy atom. The third-order valence-corrected chi connectivity index (χ3v) is 4.42. The number of halogens is 1. The summed E-state index contributed by atoms with van der Waals surface area (Å²) in [7, 11) is 0. The molecular formula is C18H18FN7O2. The predicted octanol–water partition coefficient (Wildman–Crippen LogP) is 0.924. The molecule has 10 heteroatoms. The summed E-state index contributed by atoms with van der Waals surface area (Å²) in [4.78, 5) is 28.6. The van der Waals surface area contributed by atoms with Crippen LogP contribution in [0.25, 0.3) is 5.82 Å². The molecule has 1 saturated heterocycles. The topological polar surface area (TPSA) is 89.3 Å². The fourth-order valence-electron chi connectivity index (χ4n) is 2.91. The Hall–Kier alpha value is -3.56. The third-order valence-electron chi connectivity index (χ3n) is 4.42. The van der Waals surface area contributed by atoms with Crippen LogP contribution < -0.4 is 9.64 Å². The van der Waals surface area contributed by atoms with Crippen molar-refractivity contribution in [2.45, 2.75) is 0 Å². The number of ether oxygens (including phenoxy) is 1. The Labute approximate surface area is 160 Å². The zero-order valence-corrected chi connectivity index (χ0v) is 15.0. The van der Waals surface area contributed by atoms with E-state index in [2.05, 4.69) is 25.0 Å². The Morgan fingerprint density at radius 3 is 2.50 bits per heavy atom. The van der Waals surface area contributed by atoms with Gasteiger partial charge in [-0.25, -0.2) is 24.0 Å². The molecule has 1 amide bonds. The molecule has 1 aromatic carbocycles. The summed E-state index contributed by atoms with van der Waals surface area (Å²) < 4.78 is 19.9. The minimum atomic E-state index is -0.341. The molecule has 3 aromatic rings. The number of hydrogen-bond donors (Lipinski definition) is 0. The van der Waals surface area contributed by atoms with Crippen molar-refractivity contribution in [1.29, 1.82) is 0 Å². The quantitative estimate of drug-likeness (QED) is 0.647. The van der Waals surface area contributed by atoms with Gasteiger partial charge < -0.3 is 14.5 Å². The largest absolute Gasteiger partial charge is 0.484 e. The first-order valence-electron chi connectivity index (χ1n) is 8.77. The first-order chi connectivity index (χ1) is 13.7. The van der Waals surface area contributed by atoms with Crippen molar-refractivity contribution in [3.63, 3.8) is 0 Å². The van der Waals surface area contributed by atoms with Gasteiger partial charge in [-0.2, -0.15) is 5.10 Å². The number of rotatable bonds is 5. The van der Waals surface area contributed by atoms with Gasteiger partial charge in [0.05, 0.1) is 0 Å². The molecule has 0 spiro atoms. The number of anilines is 1. The third kappa shape index (κ3) is 4.05.